The highest BCUT2D eigenvalue weighted by molar-refractivity contribution is 5.82. The number of carbonyl (C=O) groups is 1. The van der Waals surface area contributed by atoms with Crippen LogP contribution in [-0.2, 0) is 17.5 Å². The zero-order chi connectivity index (χ0) is 21.6. The number of alkyl halides is 3. The fourth-order valence-electron chi connectivity index (χ4n) is 3.28. The van der Waals surface area contributed by atoms with E-state index < -0.39 is 17.8 Å². The number of ether oxygens (including phenoxy) is 1. The Morgan fingerprint density at radius 3 is 2.57 bits per heavy atom. The van der Waals surface area contributed by atoms with E-state index in [1.54, 1.807) is 0 Å². The number of benzene rings is 2. The van der Waals surface area contributed by atoms with E-state index in [4.69, 9.17) is 4.74 Å². The second-order valence-electron chi connectivity index (χ2n) is 7.28. The second-order valence-corrected chi connectivity index (χ2v) is 7.28. The molecule has 2 aromatic rings. The van der Waals surface area contributed by atoms with E-state index in [1.807, 2.05) is 24.3 Å². The third-order valence-electron chi connectivity index (χ3n) is 5.02. The van der Waals surface area contributed by atoms with Gasteiger partial charge in [-0.3, -0.25) is 4.79 Å². The first-order chi connectivity index (χ1) is 14.4. The van der Waals surface area contributed by atoms with Gasteiger partial charge in [-0.2, -0.15) is 13.2 Å². The van der Waals surface area contributed by atoms with Gasteiger partial charge in [-0.05, 0) is 36.6 Å². The van der Waals surface area contributed by atoms with Crippen LogP contribution >= 0.6 is 0 Å². The standard InChI is InChI=1S/C22H26F3N3O2/c1-2-3-12-30-20-7-5-4-6-17(20)18-13-19(28-27-18)21(29)26-14-15-8-10-16(11-9-15)22(23,24)25/h4-11,18-19,27-28H,2-3,12-14H2,1H3,(H,26,29). The molecular formula is C22H26F3N3O2. The van der Waals surface area contributed by atoms with Crippen molar-refractivity contribution in [1.82, 2.24) is 16.2 Å². The van der Waals surface area contributed by atoms with Crippen molar-refractivity contribution in [3.63, 3.8) is 0 Å². The number of hydrazine groups is 1. The first-order valence-electron chi connectivity index (χ1n) is 10.0. The maximum Gasteiger partial charge on any atom is 0.416 e. The Morgan fingerprint density at radius 2 is 1.87 bits per heavy atom. The Balaban J connectivity index is 1.53. The summed E-state index contributed by atoms with van der Waals surface area (Å²) in [5, 5.41) is 2.77. The first-order valence-corrected chi connectivity index (χ1v) is 10.0. The molecule has 2 atom stereocenters. The summed E-state index contributed by atoms with van der Waals surface area (Å²) in [6, 6.07) is 12.0. The molecule has 8 heteroatoms. The topological polar surface area (TPSA) is 62.4 Å². The summed E-state index contributed by atoms with van der Waals surface area (Å²) < 4.78 is 43.8. The predicted molar refractivity (Wildman–Crippen MR) is 108 cm³/mol. The zero-order valence-electron chi connectivity index (χ0n) is 16.8. The highest BCUT2D eigenvalue weighted by Crippen LogP contribution is 2.31. The number of carbonyl (C=O) groups excluding carboxylic acids is 1. The molecule has 3 rings (SSSR count). The maximum atomic E-state index is 12.6. The fourth-order valence-corrected chi connectivity index (χ4v) is 3.28. The quantitative estimate of drug-likeness (QED) is 0.562. The molecule has 1 aliphatic heterocycles. The molecular weight excluding hydrogens is 395 g/mol. The lowest BCUT2D eigenvalue weighted by atomic mass is 10.0. The molecule has 162 valence electrons. The molecule has 0 saturated carbocycles. The number of nitrogens with one attached hydrogen (secondary N) is 3. The molecule has 1 heterocycles. The van der Waals surface area contributed by atoms with Crippen LogP contribution in [0, 0.1) is 0 Å². The SMILES string of the molecule is CCCCOc1ccccc1C1CC(C(=O)NCc2ccc(C(F)(F)F)cc2)NN1. The van der Waals surface area contributed by atoms with E-state index in [9.17, 15) is 18.0 Å². The van der Waals surface area contributed by atoms with Gasteiger partial charge < -0.3 is 10.1 Å². The highest BCUT2D eigenvalue weighted by atomic mass is 19.4. The molecule has 0 radical (unpaired) electrons. The Labute approximate surface area is 174 Å². The van der Waals surface area contributed by atoms with Gasteiger partial charge in [-0.15, -0.1) is 0 Å². The lowest BCUT2D eigenvalue weighted by Gasteiger charge is -2.16. The second kappa shape index (κ2) is 9.95. The van der Waals surface area contributed by atoms with Crippen molar-refractivity contribution >= 4 is 5.91 Å². The number of para-hydroxylation sites is 1. The molecule has 2 aromatic carbocycles. The van der Waals surface area contributed by atoms with Gasteiger partial charge >= 0.3 is 6.18 Å². The van der Waals surface area contributed by atoms with Gasteiger partial charge in [0.15, 0.2) is 0 Å². The van der Waals surface area contributed by atoms with E-state index >= 15 is 0 Å². The lowest BCUT2D eigenvalue weighted by Crippen LogP contribution is -2.42. The molecule has 0 aliphatic carbocycles. The minimum Gasteiger partial charge on any atom is -0.493 e. The molecule has 1 fully saturated rings. The lowest BCUT2D eigenvalue weighted by molar-refractivity contribution is -0.137. The fraction of sp³-hybridized carbons (Fsp3) is 0.409. The van der Waals surface area contributed by atoms with E-state index in [1.165, 1.54) is 12.1 Å². The Morgan fingerprint density at radius 1 is 1.13 bits per heavy atom. The molecule has 3 N–H and O–H groups in total. The van der Waals surface area contributed by atoms with Crippen LogP contribution in [-0.4, -0.2) is 18.6 Å². The van der Waals surface area contributed by atoms with Gasteiger partial charge in [-0.1, -0.05) is 43.7 Å². The van der Waals surface area contributed by atoms with Crippen molar-refractivity contribution in [2.45, 2.75) is 51.0 Å². The molecule has 1 aliphatic rings. The largest absolute Gasteiger partial charge is 0.493 e. The smallest absolute Gasteiger partial charge is 0.416 e. The number of rotatable bonds is 8. The highest BCUT2D eigenvalue weighted by Gasteiger charge is 2.32. The van der Waals surface area contributed by atoms with Gasteiger partial charge in [0.2, 0.25) is 5.91 Å². The summed E-state index contributed by atoms with van der Waals surface area (Å²) in [6.45, 7) is 2.91. The van der Waals surface area contributed by atoms with E-state index in [-0.39, 0.29) is 18.5 Å². The van der Waals surface area contributed by atoms with Gasteiger partial charge in [0.1, 0.15) is 11.8 Å². The number of unbranched alkanes of at least 4 members (excludes halogenated alkanes) is 1. The summed E-state index contributed by atoms with van der Waals surface area (Å²) in [7, 11) is 0. The van der Waals surface area contributed by atoms with Crippen LogP contribution in [0.5, 0.6) is 5.75 Å². The van der Waals surface area contributed by atoms with Crippen molar-refractivity contribution in [1.29, 1.82) is 0 Å². The summed E-state index contributed by atoms with van der Waals surface area (Å²) in [4.78, 5) is 12.5. The van der Waals surface area contributed by atoms with Crippen LogP contribution in [0.3, 0.4) is 0 Å². The third-order valence-corrected chi connectivity index (χ3v) is 5.02. The maximum absolute atomic E-state index is 12.6. The molecule has 1 amide bonds. The van der Waals surface area contributed by atoms with Crippen molar-refractivity contribution in [3.05, 3.63) is 65.2 Å². The number of halogens is 3. The van der Waals surface area contributed by atoms with Gasteiger partial charge in [0.05, 0.1) is 18.2 Å². The summed E-state index contributed by atoms with van der Waals surface area (Å²) in [5.41, 5.74) is 7.02. The number of hydrogen-bond acceptors (Lipinski definition) is 4. The average Bonchev–Trinajstić information content (AvgIpc) is 3.22. The minimum atomic E-state index is -4.37. The molecule has 0 aromatic heterocycles. The van der Waals surface area contributed by atoms with Crippen LogP contribution < -0.4 is 20.9 Å². The van der Waals surface area contributed by atoms with E-state index in [0.29, 0.717) is 18.6 Å². The normalized spacial score (nSPS) is 18.9. The molecule has 0 bridgehead atoms. The van der Waals surface area contributed by atoms with Crippen molar-refractivity contribution in [2.75, 3.05) is 6.61 Å². The Kier molecular flexibility index (Phi) is 7.33. The number of amides is 1. The third kappa shape index (κ3) is 5.73. The summed E-state index contributed by atoms with van der Waals surface area (Å²) >= 11 is 0. The van der Waals surface area contributed by atoms with Crippen LogP contribution in [0.25, 0.3) is 0 Å². The monoisotopic (exact) mass is 421 g/mol. The molecule has 30 heavy (non-hydrogen) atoms. The summed E-state index contributed by atoms with van der Waals surface area (Å²) in [5.74, 6) is 0.588. The van der Waals surface area contributed by atoms with Crippen LogP contribution in [0.2, 0.25) is 0 Å². The molecule has 2 unspecified atom stereocenters. The minimum absolute atomic E-state index is 0.0790. The predicted octanol–water partition coefficient (Wildman–Crippen LogP) is 4.11. The molecule has 5 nitrogen and oxygen atoms in total. The van der Waals surface area contributed by atoms with Crippen molar-refractivity contribution in [3.8, 4) is 5.75 Å². The Bertz CT molecular complexity index is 840. The van der Waals surface area contributed by atoms with Crippen LogP contribution in [0.1, 0.15) is 48.9 Å². The van der Waals surface area contributed by atoms with E-state index in [2.05, 4.69) is 23.1 Å². The van der Waals surface area contributed by atoms with Crippen molar-refractivity contribution in [2.24, 2.45) is 0 Å². The van der Waals surface area contributed by atoms with Crippen molar-refractivity contribution < 1.29 is 22.7 Å². The molecule has 0 spiro atoms. The zero-order valence-corrected chi connectivity index (χ0v) is 16.8. The first kappa shape index (κ1) is 22.1. The van der Waals surface area contributed by atoms with Gasteiger partial charge in [-0.25, -0.2) is 10.9 Å². The molecule has 1 saturated heterocycles. The van der Waals surface area contributed by atoms with Gasteiger partial charge in [0, 0.05) is 12.1 Å². The van der Waals surface area contributed by atoms with Crippen LogP contribution in [0.15, 0.2) is 48.5 Å². The number of hydrogen-bond donors (Lipinski definition) is 3. The van der Waals surface area contributed by atoms with Crippen LogP contribution in [0.4, 0.5) is 13.2 Å². The van der Waals surface area contributed by atoms with Gasteiger partial charge in [0.25, 0.3) is 0 Å². The van der Waals surface area contributed by atoms with E-state index in [0.717, 1.165) is 36.3 Å². The Hall–Kier alpha value is -2.58. The average molecular weight is 421 g/mol. The summed E-state index contributed by atoms with van der Waals surface area (Å²) in [6.07, 6.45) is -1.81.